The van der Waals surface area contributed by atoms with Crippen molar-refractivity contribution in [3.05, 3.63) is 59.2 Å². The number of amides is 1. The van der Waals surface area contributed by atoms with Gasteiger partial charge in [0.25, 0.3) is 5.91 Å². The molecule has 26 heavy (non-hydrogen) atoms. The van der Waals surface area contributed by atoms with Crippen molar-refractivity contribution >= 4 is 17.6 Å². The molecule has 2 aromatic carbocycles. The third kappa shape index (κ3) is 5.34. The van der Waals surface area contributed by atoms with Gasteiger partial charge in [0.05, 0.1) is 7.11 Å². The summed E-state index contributed by atoms with van der Waals surface area (Å²) in [5, 5.41) is 2.81. The highest BCUT2D eigenvalue weighted by Crippen LogP contribution is 2.19. The van der Waals surface area contributed by atoms with E-state index < -0.39 is 12.1 Å². The maximum atomic E-state index is 12.3. The molecule has 0 saturated heterocycles. The van der Waals surface area contributed by atoms with Gasteiger partial charge in [0.1, 0.15) is 5.75 Å². The summed E-state index contributed by atoms with van der Waals surface area (Å²) in [6.45, 7) is 5.44. The van der Waals surface area contributed by atoms with Crippen LogP contribution in [0.25, 0.3) is 0 Å². The standard InChI is InChI=1S/C21H25NO4/c1-14-9-10-15(2)18(13-14)22-21(24)16(3)26-20(23)12-11-17-7-5-6-8-19(17)25-4/h5-10,13,16H,11-12H2,1-4H3,(H,22,24)/t16-/m1/s1. The molecule has 1 N–H and O–H groups in total. The van der Waals surface area contributed by atoms with Gasteiger partial charge in [-0.2, -0.15) is 0 Å². The molecule has 0 aliphatic carbocycles. The van der Waals surface area contributed by atoms with Gasteiger partial charge in [-0.15, -0.1) is 0 Å². The van der Waals surface area contributed by atoms with Crippen LogP contribution in [0, 0.1) is 13.8 Å². The van der Waals surface area contributed by atoms with Gasteiger partial charge in [-0.25, -0.2) is 0 Å². The summed E-state index contributed by atoms with van der Waals surface area (Å²) in [7, 11) is 1.59. The Kier molecular flexibility index (Phi) is 6.78. The lowest BCUT2D eigenvalue weighted by Gasteiger charge is -2.15. The Hall–Kier alpha value is -2.82. The summed E-state index contributed by atoms with van der Waals surface area (Å²) in [5.74, 6) is -0.0233. The van der Waals surface area contributed by atoms with Crippen molar-refractivity contribution in [1.29, 1.82) is 0 Å². The summed E-state index contributed by atoms with van der Waals surface area (Å²) in [5.41, 5.74) is 3.66. The quantitative estimate of drug-likeness (QED) is 0.767. The first-order valence-electron chi connectivity index (χ1n) is 8.60. The van der Waals surface area contributed by atoms with Crippen molar-refractivity contribution in [1.82, 2.24) is 0 Å². The second-order valence-electron chi connectivity index (χ2n) is 6.25. The van der Waals surface area contributed by atoms with Gasteiger partial charge in [-0.3, -0.25) is 9.59 Å². The van der Waals surface area contributed by atoms with E-state index in [0.29, 0.717) is 6.42 Å². The number of para-hydroxylation sites is 1. The van der Waals surface area contributed by atoms with E-state index in [-0.39, 0.29) is 12.3 Å². The zero-order valence-electron chi connectivity index (χ0n) is 15.7. The van der Waals surface area contributed by atoms with E-state index in [1.54, 1.807) is 14.0 Å². The number of carbonyl (C=O) groups excluding carboxylic acids is 2. The number of ether oxygens (including phenoxy) is 2. The summed E-state index contributed by atoms with van der Waals surface area (Å²) in [6, 6.07) is 13.3. The molecule has 0 aromatic heterocycles. The predicted octanol–water partition coefficient (Wildman–Crippen LogP) is 3.82. The van der Waals surface area contributed by atoms with Crippen molar-refractivity contribution in [2.45, 2.75) is 39.7 Å². The first kappa shape index (κ1) is 19.5. The Morgan fingerprint density at radius 3 is 2.58 bits per heavy atom. The zero-order valence-corrected chi connectivity index (χ0v) is 15.7. The fourth-order valence-electron chi connectivity index (χ4n) is 2.56. The first-order valence-corrected chi connectivity index (χ1v) is 8.60. The lowest BCUT2D eigenvalue weighted by molar-refractivity contribution is -0.153. The fraction of sp³-hybridized carbons (Fsp3) is 0.333. The van der Waals surface area contributed by atoms with Gasteiger partial charge < -0.3 is 14.8 Å². The lowest BCUT2D eigenvalue weighted by Crippen LogP contribution is -2.30. The number of nitrogens with one attached hydrogen (secondary N) is 1. The highest BCUT2D eigenvalue weighted by atomic mass is 16.5. The second-order valence-corrected chi connectivity index (χ2v) is 6.25. The van der Waals surface area contributed by atoms with Crippen LogP contribution in [-0.4, -0.2) is 25.1 Å². The summed E-state index contributed by atoms with van der Waals surface area (Å²) >= 11 is 0. The SMILES string of the molecule is COc1ccccc1CCC(=O)O[C@H](C)C(=O)Nc1cc(C)ccc1C. The number of hydrogen-bond donors (Lipinski definition) is 1. The Labute approximate surface area is 154 Å². The lowest BCUT2D eigenvalue weighted by atomic mass is 10.1. The van der Waals surface area contributed by atoms with E-state index in [1.165, 1.54) is 0 Å². The number of aryl methyl sites for hydroxylation is 3. The van der Waals surface area contributed by atoms with Crippen LogP contribution < -0.4 is 10.1 Å². The molecule has 1 atom stereocenters. The maximum Gasteiger partial charge on any atom is 0.306 e. The number of rotatable bonds is 7. The monoisotopic (exact) mass is 355 g/mol. The topological polar surface area (TPSA) is 64.6 Å². The number of carbonyl (C=O) groups is 2. The normalized spacial score (nSPS) is 11.5. The molecular weight excluding hydrogens is 330 g/mol. The molecule has 1 amide bonds. The maximum absolute atomic E-state index is 12.3. The third-order valence-corrected chi connectivity index (χ3v) is 4.12. The zero-order chi connectivity index (χ0) is 19.1. The van der Waals surface area contributed by atoms with E-state index in [1.807, 2.05) is 56.3 Å². The highest BCUT2D eigenvalue weighted by Gasteiger charge is 2.19. The molecule has 138 valence electrons. The van der Waals surface area contributed by atoms with Crippen molar-refractivity contribution in [3.63, 3.8) is 0 Å². The molecule has 0 bridgehead atoms. The Morgan fingerprint density at radius 2 is 1.85 bits per heavy atom. The summed E-state index contributed by atoms with van der Waals surface area (Å²) < 4.78 is 10.5. The molecule has 0 aliphatic rings. The second kappa shape index (κ2) is 9.04. The molecule has 5 nitrogen and oxygen atoms in total. The Balaban J connectivity index is 1.88. The van der Waals surface area contributed by atoms with Crippen LogP contribution in [0.2, 0.25) is 0 Å². The van der Waals surface area contributed by atoms with Crippen LogP contribution in [0.5, 0.6) is 5.75 Å². The van der Waals surface area contributed by atoms with E-state index >= 15 is 0 Å². The highest BCUT2D eigenvalue weighted by molar-refractivity contribution is 5.95. The molecular formula is C21H25NO4. The van der Waals surface area contributed by atoms with Crippen molar-refractivity contribution < 1.29 is 19.1 Å². The van der Waals surface area contributed by atoms with Gasteiger partial charge in [-0.1, -0.05) is 30.3 Å². The van der Waals surface area contributed by atoms with Gasteiger partial charge in [-0.05, 0) is 56.0 Å². The molecule has 5 heteroatoms. The van der Waals surface area contributed by atoms with Crippen LogP contribution >= 0.6 is 0 Å². The van der Waals surface area contributed by atoms with Crippen molar-refractivity contribution in [3.8, 4) is 5.75 Å². The molecule has 0 radical (unpaired) electrons. The average Bonchev–Trinajstić information content (AvgIpc) is 2.63. The third-order valence-electron chi connectivity index (χ3n) is 4.12. The minimum Gasteiger partial charge on any atom is -0.496 e. The molecule has 0 fully saturated rings. The molecule has 0 spiro atoms. The smallest absolute Gasteiger partial charge is 0.306 e. The molecule has 0 saturated carbocycles. The Bertz CT molecular complexity index is 785. The first-order chi connectivity index (χ1) is 12.4. The van der Waals surface area contributed by atoms with Crippen LogP contribution in [0.15, 0.2) is 42.5 Å². The van der Waals surface area contributed by atoms with Gasteiger partial charge in [0.15, 0.2) is 6.10 Å². The largest absolute Gasteiger partial charge is 0.496 e. The molecule has 2 rings (SSSR count). The van der Waals surface area contributed by atoms with E-state index in [4.69, 9.17) is 9.47 Å². The number of esters is 1. The number of benzene rings is 2. The fourth-order valence-corrected chi connectivity index (χ4v) is 2.56. The number of methoxy groups -OCH3 is 1. The van der Waals surface area contributed by atoms with Crippen molar-refractivity contribution in [2.24, 2.45) is 0 Å². The molecule has 0 unspecified atom stereocenters. The molecule has 2 aromatic rings. The predicted molar refractivity (Wildman–Crippen MR) is 101 cm³/mol. The van der Waals surface area contributed by atoms with Gasteiger partial charge >= 0.3 is 5.97 Å². The summed E-state index contributed by atoms with van der Waals surface area (Å²) in [6.07, 6.45) is -0.185. The Morgan fingerprint density at radius 1 is 1.12 bits per heavy atom. The molecule has 0 aliphatic heterocycles. The van der Waals surface area contributed by atoms with Crippen LogP contribution in [0.3, 0.4) is 0 Å². The van der Waals surface area contributed by atoms with Crippen LogP contribution in [0.4, 0.5) is 5.69 Å². The number of anilines is 1. The summed E-state index contributed by atoms with van der Waals surface area (Å²) in [4.78, 5) is 24.3. The minimum atomic E-state index is -0.861. The average molecular weight is 355 g/mol. The van der Waals surface area contributed by atoms with E-state index in [0.717, 1.165) is 28.1 Å². The van der Waals surface area contributed by atoms with Crippen LogP contribution in [0.1, 0.15) is 30.0 Å². The minimum absolute atomic E-state index is 0.182. The number of hydrogen-bond acceptors (Lipinski definition) is 4. The van der Waals surface area contributed by atoms with Gasteiger partial charge in [0, 0.05) is 12.1 Å². The van der Waals surface area contributed by atoms with E-state index in [9.17, 15) is 9.59 Å². The van der Waals surface area contributed by atoms with Crippen molar-refractivity contribution in [2.75, 3.05) is 12.4 Å². The molecule has 0 heterocycles. The van der Waals surface area contributed by atoms with E-state index in [2.05, 4.69) is 5.32 Å². The van der Waals surface area contributed by atoms with Gasteiger partial charge in [0.2, 0.25) is 0 Å². The van der Waals surface area contributed by atoms with Crippen LogP contribution in [-0.2, 0) is 20.7 Å².